The van der Waals surface area contributed by atoms with Gasteiger partial charge in [0.05, 0.1) is 5.54 Å². The number of ether oxygens (including phenoxy) is 2. The Bertz CT molecular complexity index is 993. The second-order valence-corrected chi connectivity index (χ2v) is 6.94. The standard InChI is InChI=1S/C21H20N2O4/c1-13-18(22-20(27-13)14-7-5-4-6-8-14)19(24)23-21(2,3)15-9-10-16-17(11-15)26-12-25-16/h4-11H,12H2,1-3H3,(H,23,24). The lowest BCUT2D eigenvalue weighted by molar-refractivity contribution is 0.0906. The van der Waals surface area contributed by atoms with Gasteiger partial charge in [0.25, 0.3) is 5.91 Å². The van der Waals surface area contributed by atoms with Gasteiger partial charge in [0.15, 0.2) is 17.2 Å². The van der Waals surface area contributed by atoms with Crippen molar-refractivity contribution < 1.29 is 18.7 Å². The largest absolute Gasteiger partial charge is 0.454 e. The molecule has 3 aromatic rings. The van der Waals surface area contributed by atoms with Gasteiger partial charge in [-0.25, -0.2) is 4.98 Å². The lowest BCUT2D eigenvalue weighted by Gasteiger charge is -2.26. The zero-order valence-corrected chi connectivity index (χ0v) is 15.4. The summed E-state index contributed by atoms with van der Waals surface area (Å²) in [5.74, 6) is 2.01. The highest BCUT2D eigenvalue weighted by Crippen LogP contribution is 2.35. The van der Waals surface area contributed by atoms with Gasteiger partial charge < -0.3 is 19.2 Å². The van der Waals surface area contributed by atoms with E-state index in [1.165, 1.54) is 0 Å². The molecule has 138 valence electrons. The van der Waals surface area contributed by atoms with Crippen LogP contribution in [-0.4, -0.2) is 17.7 Å². The molecule has 0 saturated carbocycles. The van der Waals surface area contributed by atoms with Crippen molar-refractivity contribution >= 4 is 5.91 Å². The molecule has 1 N–H and O–H groups in total. The first-order valence-electron chi connectivity index (χ1n) is 8.69. The molecule has 2 aromatic carbocycles. The van der Waals surface area contributed by atoms with Crippen molar-refractivity contribution in [1.82, 2.24) is 10.3 Å². The number of nitrogens with zero attached hydrogens (tertiary/aromatic N) is 1. The van der Waals surface area contributed by atoms with E-state index in [4.69, 9.17) is 13.9 Å². The Hall–Kier alpha value is -3.28. The average molecular weight is 364 g/mol. The van der Waals surface area contributed by atoms with Crippen LogP contribution >= 0.6 is 0 Å². The average Bonchev–Trinajstić information content (AvgIpc) is 3.27. The number of nitrogens with one attached hydrogen (secondary N) is 1. The first-order valence-corrected chi connectivity index (χ1v) is 8.69. The van der Waals surface area contributed by atoms with E-state index in [1.807, 2.05) is 62.4 Å². The number of benzene rings is 2. The summed E-state index contributed by atoms with van der Waals surface area (Å²) in [6.45, 7) is 5.81. The maximum absolute atomic E-state index is 12.8. The van der Waals surface area contributed by atoms with Gasteiger partial charge in [0.2, 0.25) is 12.7 Å². The maximum Gasteiger partial charge on any atom is 0.274 e. The highest BCUT2D eigenvalue weighted by molar-refractivity contribution is 5.94. The van der Waals surface area contributed by atoms with Crippen LogP contribution in [0.2, 0.25) is 0 Å². The number of hydrogen-bond donors (Lipinski definition) is 1. The lowest BCUT2D eigenvalue weighted by Crippen LogP contribution is -2.41. The van der Waals surface area contributed by atoms with Crippen LogP contribution in [0.4, 0.5) is 0 Å². The number of carbonyl (C=O) groups excluding carboxylic acids is 1. The lowest BCUT2D eigenvalue weighted by atomic mass is 9.93. The minimum Gasteiger partial charge on any atom is -0.454 e. The fraction of sp³-hybridized carbons (Fsp3) is 0.238. The van der Waals surface area contributed by atoms with Crippen LogP contribution in [-0.2, 0) is 5.54 Å². The van der Waals surface area contributed by atoms with E-state index in [0.717, 1.165) is 11.1 Å². The van der Waals surface area contributed by atoms with Crippen molar-refractivity contribution in [2.24, 2.45) is 0 Å². The fourth-order valence-electron chi connectivity index (χ4n) is 3.01. The van der Waals surface area contributed by atoms with Gasteiger partial charge in [0, 0.05) is 5.56 Å². The van der Waals surface area contributed by atoms with Crippen LogP contribution in [0.5, 0.6) is 11.5 Å². The van der Waals surface area contributed by atoms with Gasteiger partial charge in [-0.05, 0) is 50.6 Å². The molecule has 0 spiro atoms. The quantitative estimate of drug-likeness (QED) is 0.756. The summed E-state index contributed by atoms with van der Waals surface area (Å²) in [6, 6.07) is 15.1. The van der Waals surface area contributed by atoms with Gasteiger partial charge in [-0.3, -0.25) is 4.79 Å². The third-order valence-corrected chi connectivity index (χ3v) is 4.55. The van der Waals surface area contributed by atoms with E-state index >= 15 is 0 Å². The molecular formula is C21H20N2O4. The summed E-state index contributed by atoms with van der Waals surface area (Å²) in [4.78, 5) is 17.2. The topological polar surface area (TPSA) is 73.6 Å². The van der Waals surface area contributed by atoms with E-state index in [1.54, 1.807) is 6.92 Å². The highest BCUT2D eigenvalue weighted by Gasteiger charge is 2.28. The van der Waals surface area contributed by atoms with E-state index in [0.29, 0.717) is 23.1 Å². The Morgan fingerprint density at radius 2 is 1.81 bits per heavy atom. The van der Waals surface area contributed by atoms with E-state index in [9.17, 15) is 4.79 Å². The van der Waals surface area contributed by atoms with Gasteiger partial charge in [-0.2, -0.15) is 0 Å². The molecular weight excluding hydrogens is 344 g/mol. The third-order valence-electron chi connectivity index (χ3n) is 4.55. The van der Waals surface area contributed by atoms with Gasteiger partial charge in [0.1, 0.15) is 5.76 Å². The van der Waals surface area contributed by atoms with Crippen molar-refractivity contribution in [3.63, 3.8) is 0 Å². The molecule has 0 radical (unpaired) electrons. The monoisotopic (exact) mass is 364 g/mol. The number of carbonyl (C=O) groups is 1. The Labute approximate surface area is 157 Å². The molecule has 1 aliphatic heterocycles. The molecule has 0 aliphatic carbocycles. The Kier molecular flexibility index (Phi) is 4.11. The van der Waals surface area contributed by atoms with E-state index in [2.05, 4.69) is 10.3 Å². The maximum atomic E-state index is 12.8. The molecule has 0 saturated heterocycles. The zero-order chi connectivity index (χ0) is 19.0. The summed E-state index contributed by atoms with van der Waals surface area (Å²) < 4.78 is 16.5. The molecule has 1 aromatic heterocycles. The number of aromatic nitrogens is 1. The van der Waals surface area contributed by atoms with Crippen LogP contribution in [0.1, 0.15) is 35.7 Å². The van der Waals surface area contributed by atoms with Crippen LogP contribution in [0, 0.1) is 6.92 Å². The first-order chi connectivity index (χ1) is 12.9. The number of aryl methyl sites for hydroxylation is 1. The summed E-state index contributed by atoms with van der Waals surface area (Å²) in [5.41, 5.74) is 1.39. The number of amides is 1. The summed E-state index contributed by atoms with van der Waals surface area (Å²) in [6.07, 6.45) is 0. The predicted octanol–water partition coefficient (Wildman–Crippen LogP) is 4.04. The van der Waals surface area contributed by atoms with Crippen LogP contribution in [0.25, 0.3) is 11.5 Å². The van der Waals surface area contributed by atoms with Crippen molar-refractivity contribution in [1.29, 1.82) is 0 Å². The van der Waals surface area contributed by atoms with Crippen LogP contribution in [0.3, 0.4) is 0 Å². The highest BCUT2D eigenvalue weighted by atomic mass is 16.7. The van der Waals surface area contributed by atoms with Gasteiger partial charge in [-0.1, -0.05) is 24.3 Å². The van der Waals surface area contributed by atoms with Crippen molar-refractivity contribution in [3.8, 4) is 23.0 Å². The van der Waals surface area contributed by atoms with Crippen molar-refractivity contribution in [2.45, 2.75) is 26.3 Å². The molecule has 0 atom stereocenters. The SMILES string of the molecule is Cc1oc(-c2ccccc2)nc1C(=O)NC(C)(C)c1ccc2c(c1)OCO2. The minimum atomic E-state index is -0.629. The van der Waals surface area contributed by atoms with Gasteiger partial charge >= 0.3 is 0 Å². The molecule has 2 heterocycles. The molecule has 0 unspecified atom stereocenters. The van der Waals surface area contributed by atoms with Crippen molar-refractivity contribution in [2.75, 3.05) is 6.79 Å². The second kappa shape index (κ2) is 6.46. The third kappa shape index (κ3) is 3.26. The Balaban J connectivity index is 1.57. The number of fused-ring (bicyclic) bond motifs is 1. The van der Waals surface area contributed by atoms with Crippen LogP contribution in [0.15, 0.2) is 52.9 Å². The van der Waals surface area contributed by atoms with Crippen molar-refractivity contribution in [3.05, 3.63) is 65.5 Å². The second-order valence-electron chi connectivity index (χ2n) is 6.94. The molecule has 4 rings (SSSR count). The smallest absolute Gasteiger partial charge is 0.274 e. The first kappa shape index (κ1) is 17.1. The molecule has 6 heteroatoms. The molecule has 0 bridgehead atoms. The normalized spacial score (nSPS) is 12.9. The predicted molar refractivity (Wildman–Crippen MR) is 99.7 cm³/mol. The molecule has 1 amide bonds. The van der Waals surface area contributed by atoms with E-state index < -0.39 is 5.54 Å². The van der Waals surface area contributed by atoms with Gasteiger partial charge in [-0.15, -0.1) is 0 Å². The summed E-state index contributed by atoms with van der Waals surface area (Å²) >= 11 is 0. The summed E-state index contributed by atoms with van der Waals surface area (Å²) in [7, 11) is 0. The molecule has 0 fully saturated rings. The Morgan fingerprint density at radius 1 is 1.07 bits per heavy atom. The number of hydrogen-bond acceptors (Lipinski definition) is 5. The minimum absolute atomic E-state index is 0.214. The summed E-state index contributed by atoms with van der Waals surface area (Å²) in [5, 5.41) is 3.03. The molecule has 1 aliphatic rings. The molecule has 6 nitrogen and oxygen atoms in total. The molecule has 27 heavy (non-hydrogen) atoms. The Morgan fingerprint density at radius 3 is 2.59 bits per heavy atom. The fourth-order valence-corrected chi connectivity index (χ4v) is 3.01. The van der Waals surface area contributed by atoms with E-state index in [-0.39, 0.29) is 18.4 Å². The zero-order valence-electron chi connectivity index (χ0n) is 15.4. The number of rotatable bonds is 4. The van der Waals surface area contributed by atoms with Crippen LogP contribution < -0.4 is 14.8 Å². The number of oxazole rings is 1.